The van der Waals surface area contributed by atoms with Gasteiger partial charge in [0.1, 0.15) is 8.24 Å². The van der Waals surface area contributed by atoms with Crippen molar-refractivity contribution >= 4 is 8.24 Å². The van der Waals surface area contributed by atoms with Crippen molar-refractivity contribution in [2.45, 2.75) is 32.0 Å². The lowest BCUT2D eigenvalue weighted by Crippen LogP contribution is -2.48. The summed E-state index contributed by atoms with van der Waals surface area (Å²) in [5, 5.41) is 0. The van der Waals surface area contributed by atoms with Crippen LogP contribution in [0.1, 0.15) is 12.8 Å². The van der Waals surface area contributed by atoms with Crippen LogP contribution in [0.3, 0.4) is 0 Å². The van der Waals surface area contributed by atoms with E-state index in [-0.39, 0.29) is 5.41 Å². The van der Waals surface area contributed by atoms with E-state index in [1.807, 2.05) is 0 Å². The highest BCUT2D eigenvalue weighted by atomic mass is 28.3. The zero-order valence-electron chi connectivity index (χ0n) is 10.6. The van der Waals surface area contributed by atoms with Gasteiger partial charge in [0.15, 0.2) is 0 Å². The van der Waals surface area contributed by atoms with Crippen LogP contribution in [-0.4, -0.2) is 25.9 Å². The molecule has 1 fully saturated rings. The van der Waals surface area contributed by atoms with Crippen LogP contribution in [0.4, 0.5) is 0 Å². The quantitative estimate of drug-likeness (QED) is 0.532. The Labute approximate surface area is 101 Å². The topological polar surface area (TPSA) is 3.24 Å². The second-order valence-corrected chi connectivity index (χ2v) is 10.5. The Morgan fingerprint density at radius 3 is 2.75 bits per heavy atom. The SMILES string of the molecule is C=CC1(CN2CCC[Si]2(C)C)C=CC=CC1. The first-order valence-corrected chi connectivity index (χ1v) is 9.46. The second-order valence-electron chi connectivity index (χ2n) is 5.77. The predicted molar refractivity (Wildman–Crippen MR) is 74.0 cm³/mol. The first-order valence-electron chi connectivity index (χ1n) is 6.31. The number of hydrogen-bond acceptors (Lipinski definition) is 1. The van der Waals surface area contributed by atoms with Crippen molar-refractivity contribution < 1.29 is 0 Å². The van der Waals surface area contributed by atoms with Gasteiger partial charge in [-0.15, -0.1) is 6.58 Å². The van der Waals surface area contributed by atoms with E-state index in [9.17, 15) is 0 Å². The Hall–Kier alpha value is -0.603. The molecule has 1 aliphatic carbocycles. The van der Waals surface area contributed by atoms with E-state index in [0.29, 0.717) is 0 Å². The van der Waals surface area contributed by atoms with Gasteiger partial charge in [-0.2, -0.15) is 0 Å². The monoisotopic (exact) mass is 233 g/mol. The zero-order chi connectivity index (χ0) is 11.6. The molecule has 1 atom stereocenters. The molecular weight excluding hydrogens is 210 g/mol. The Balaban J connectivity index is 2.10. The smallest absolute Gasteiger partial charge is 0.122 e. The van der Waals surface area contributed by atoms with Crippen LogP contribution in [0.25, 0.3) is 0 Å². The van der Waals surface area contributed by atoms with Gasteiger partial charge in [0, 0.05) is 12.0 Å². The summed E-state index contributed by atoms with van der Waals surface area (Å²) in [6.07, 6.45) is 13.6. The normalized spacial score (nSPS) is 33.1. The Bertz CT molecular complexity index is 330. The Morgan fingerprint density at radius 2 is 2.25 bits per heavy atom. The molecule has 1 saturated heterocycles. The molecule has 1 unspecified atom stereocenters. The second kappa shape index (κ2) is 4.34. The summed E-state index contributed by atoms with van der Waals surface area (Å²) in [6, 6.07) is 1.46. The zero-order valence-corrected chi connectivity index (χ0v) is 11.6. The molecule has 1 aliphatic heterocycles. The van der Waals surface area contributed by atoms with Crippen molar-refractivity contribution in [3.63, 3.8) is 0 Å². The summed E-state index contributed by atoms with van der Waals surface area (Å²) >= 11 is 0. The highest BCUT2D eigenvalue weighted by Gasteiger charge is 2.38. The molecule has 2 aliphatic rings. The number of hydrogen-bond donors (Lipinski definition) is 0. The fraction of sp³-hybridized carbons (Fsp3) is 0.571. The van der Waals surface area contributed by atoms with Crippen LogP contribution in [0.2, 0.25) is 19.1 Å². The Kier molecular flexibility index (Phi) is 3.22. The van der Waals surface area contributed by atoms with Gasteiger partial charge in [0.25, 0.3) is 0 Å². The molecule has 1 heterocycles. The highest BCUT2D eigenvalue weighted by molar-refractivity contribution is 6.75. The summed E-state index contributed by atoms with van der Waals surface area (Å²) in [5.41, 5.74) is 0.198. The third-order valence-corrected chi connectivity index (χ3v) is 7.81. The summed E-state index contributed by atoms with van der Waals surface area (Å²) < 4.78 is 2.76. The van der Waals surface area contributed by atoms with Crippen molar-refractivity contribution in [3.8, 4) is 0 Å². The number of allylic oxidation sites excluding steroid dienone is 3. The van der Waals surface area contributed by atoms with Crippen LogP contribution in [0, 0.1) is 5.41 Å². The van der Waals surface area contributed by atoms with Crippen LogP contribution in [0.5, 0.6) is 0 Å². The van der Waals surface area contributed by atoms with Crippen molar-refractivity contribution in [3.05, 3.63) is 37.0 Å². The summed E-state index contributed by atoms with van der Waals surface area (Å²) in [7, 11) is -1.09. The largest absolute Gasteiger partial charge is 0.323 e. The molecule has 1 nitrogen and oxygen atoms in total. The van der Waals surface area contributed by atoms with Gasteiger partial charge in [-0.3, -0.25) is 0 Å². The maximum Gasteiger partial charge on any atom is 0.122 e. The average molecular weight is 233 g/mol. The highest BCUT2D eigenvalue weighted by Crippen LogP contribution is 2.35. The van der Waals surface area contributed by atoms with Crippen molar-refractivity contribution in [2.24, 2.45) is 5.41 Å². The molecule has 0 radical (unpaired) electrons. The molecule has 0 aromatic heterocycles. The fourth-order valence-corrected chi connectivity index (χ4v) is 5.65. The van der Waals surface area contributed by atoms with E-state index in [1.165, 1.54) is 25.6 Å². The fourth-order valence-electron chi connectivity index (χ4n) is 2.83. The van der Waals surface area contributed by atoms with Gasteiger partial charge in [-0.1, -0.05) is 43.5 Å². The maximum absolute atomic E-state index is 4.05. The molecule has 0 aromatic rings. The lowest BCUT2D eigenvalue weighted by atomic mass is 9.81. The summed E-state index contributed by atoms with van der Waals surface area (Å²) in [5.74, 6) is 0. The minimum Gasteiger partial charge on any atom is -0.323 e. The molecule has 2 heteroatoms. The van der Waals surface area contributed by atoms with E-state index in [4.69, 9.17) is 0 Å². The van der Waals surface area contributed by atoms with Gasteiger partial charge in [0.05, 0.1) is 0 Å². The van der Waals surface area contributed by atoms with Crippen molar-refractivity contribution in [1.29, 1.82) is 0 Å². The molecule has 0 N–H and O–H groups in total. The molecule has 0 aromatic carbocycles. The average Bonchev–Trinajstić information content (AvgIpc) is 2.60. The molecular formula is C14H23NSi. The van der Waals surface area contributed by atoms with E-state index >= 15 is 0 Å². The van der Waals surface area contributed by atoms with E-state index in [2.05, 4.69) is 54.6 Å². The minimum atomic E-state index is -1.09. The third kappa shape index (κ3) is 2.23. The predicted octanol–water partition coefficient (Wildman–Crippen LogP) is 3.59. The molecule has 16 heavy (non-hydrogen) atoms. The van der Waals surface area contributed by atoms with Gasteiger partial charge in [0.2, 0.25) is 0 Å². The molecule has 0 bridgehead atoms. The number of nitrogens with zero attached hydrogens (tertiary/aromatic N) is 1. The van der Waals surface area contributed by atoms with E-state index < -0.39 is 8.24 Å². The van der Waals surface area contributed by atoms with E-state index in [1.54, 1.807) is 0 Å². The lowest BCUT2D eigenvalue weighted by molar-refractivity contribution is 0.335. The van der Waals surface area contributed by atoms with Crippen LogP contribution >= 0.6 is 0 Å². The van der Waals surface area contributed by atoms with Crippen LogP contribution in [0.15, 0.2) is 37.0 Å². The first kappa shape index (κ1) is 11.9. The van der Waals surface area contributed by atoms with Crippen molar-refractivity contribution in [2.75, 3.05) is 13.1 Å². The van der Waals surface area contributed by atoms with Crippen molar-refractivity contribution in [1.82, 2.24) is 4.57 Å². The summed E-state index contributed by atoms with van der Waals surface area (Å²) in [4.78, 5) is 0. The lowest BCUT2D eigenvalue weighted by Gasteiger charge is -2.38. The van der Waals surface area contributed by atoms with Gasteiger partial charge >= 0.3 is 0 Å². The molecule has 2 rings (SSSR count). The van der Waals surface area contributed by atoms with Gasteiger partial charge in [-0.25, -0.2) is 0 Å². The molecule has 88 valence electrons. The maximum atomic E-state index is 4.05. The van der Waals surface area contributed by atoms with Gasteiger partial charge < -0.3 is 4.57 Å². The van der Waals surface area contributed by atoms with Gasteiger partial charge in [-0.05, 0) is 25.4 Å². The van der Waals surface area contributed by atoms with Crippen LogP contribution in [-0.2, 0) is 0 Å². The van der Waals surface area contributed by atoms with E-state index in [0.717, 1.165) is 6.42 Å². The minimum absolute atomic E-state index is 0.198. The molecule has 0 saturated carbocycles. The molecule has 0 spiro atoms. The Morgan fingerprint density at radius 1 is 1.44 bits per heavy atom. The molecule has 0 amide bonds. The standard InChI is InChI=1S/C14H23NSi/c1-4-14(9-6-5-7-10-14)13-15-11-8-12-16(15,2)3/h4-7,9H,1,8,10-13H2,2-3H3. The third-order valence-electron chi connectivity index (χ3n) is 4.14. The van der Waals surface area contributed by atoms with Crippen LogP contribution < -0.4 is 0 Å². The number of rotatable bonds is 3. The summed E-state index contributed by atoms with van der Waals surface area (Å²) in [6.45, 7) is 11.5. The first-order chi connectivity index (χ1) is 7.58.